The summed E-state index contributed by atoms with van der Waals surface area (Å²) in [5.74, 6) is -0.352. The molecule has 1 rings (SSSR count). The van der Waals surface area contributed by atoms with Crippen LogP contribution < -0.4 is 5.32 Å². The number of hydrogen-bond donors (Lipinski definition) is 1. The quantitative estimate of drug-likeness (QED) is 0.710. The molecule has 0 aromatic heterocycles. The van der Waals surface area contributed by atoms with Gasteiger partial charge in [-0.3, -0.25) is 0 Å². The van der Waals surface area contributed by atoms with Gasteiger partial charge in [-0.05, 0) is 18.6 Å². The van der Waals surface area contributed by atoms with Crippen molar-refractivity contribution < 1.29 is 4.39 Å². The maximum atomic E-state index is 13.4. The zero-order chi connectivity index (χ0) is 11.1. The molecule has 0 saturated carbocycles. The van der Waals surface area contributed by atoms with Gasteiger partial charge in [-0.1, -0.05) is 43.9 Å². The SMILES string of the molecule is CCCCCCNc1cccc(Cl)c1F. The summed E-state index contributed by atoms with van der Waals surface area (Å²) in [5, 5.41) is 3.23. The molecule has 0 atom stereocenters. The van der Waals surface area contributed by atoms with Crippen LogP contribution in [-0.2, 0) is 0 Å². The van der Waals surface area contributed by atoms with E-state index in [2.05, 4.69) is 12.2 Å². The average Bonchev–Trinajstić information content (AvgIpc) is 2.24. The average molecular weight is 230 g/mol. The van der Waals surface area contributed by atoms with Gasteiger partial charge in [-0.2, -0.15) is 0 Å². The van der Waals surface area contributed by atoms with Crippen LogP contribution in [0.25, 0.3) is 0 Å². The summed E-state index contributed by atoms with van der Waals surface area (Å²) in [6.45, 7) is 2.97. The van der Waals surface area contributed by atoms with E-state index in [9.17, 15) is 4.39 Å². The maximum absolute atomic E-state index is 13.4. The van der Waals surface area contributed by atoms with Crippen molar-refractivity contribution >= 4 is 17.3 Å². The Balaban J connectivity index is 2.34. The second kappa shape index (κ2) is 6.67. The maximum Gasteiger partial charge on any atom is 0.164 e. The number of hydrogen-bond acceptors (Lipinski definition) is 1. The molecule has 1 aromatic carbocycles. The third-order valence-corrected chi connectivity index (χ3v) is 2.59. The largest absolute Gasteiger partial charge is 0.383 e. The van der Waals surface area contributed by atoms with Crippen molar-refractivity contribution in [3.63, 3.8) is 0 Å². The Bertz CT molecular complexity index is 302. The molecule has 0 saturated heterocycles. The fraction of sp³-hybridized carbons (Fsp3) is 0.500. The highest BCUT2D eigenvalue weighted by Crippen LogP contribution is 2.21. The minimum absolute atomic E-state index is 0.175. The van der Waals surface area contributed by atoms with E-state index < -0.39 is 0 Å². The van der Waals surface area contributed by atoms with E-state index in [1.165, 1.54) is 19.3 Å². The van der Waals surface area contributed by atoms with Crippen molar-refractivity contribution in [1.29, 1.82) is 0 Å². The second-order valence-corrected chi connectivity index (χ2v) is 4.00. The Kier molecular flexibility index (Phi) is 5.48. The van der Waals surface area contributed by atoms with E-state index in [1.807, 2.05) is 0 Å². The van der Waals surface area contributed by atoms with Crippen LogP contribution in [0.2, 0.25) is 5.02 Å². The van der Waals surface area contributed by atoms with Crippen LogP contribution in [0.1, 0.15) is 32.6 Å². The molecule has 0 amide bonds. The van der Waals surface area contributed by atoms with Gasteiger partial charge in [0.2, 0.25) is 0 Å². The molecule has 0 fully saturated rings. The van der Waals surface area contributed by atoms with E-state index >= 15 is 0 Å². The third kappa shape index (κ3) is 4.08. The van der Waals surface area contributed by atoms with Crippen LogP contribution in [0.15, 0.2) is 18.2 Å². The van der Waals surface area contributed by atoms with Gasteiger partial charge in [0.05, 0.1) is 10.7 Å². The number of anilines is 1. The molecule has 0 radical (unpaired) electrons. The van der Waals surface area contributed by atoms with Crippen molar-refractivity contribution in [3.8, 4) is 0 Å². The molecule has 0 heterocycles. The van der Waals surface area contributed by atoms with Crippen molar-refractivity contribution in [2.45, 2.75) is 32.6 Å². The topological polar surface area (TPSA) is 12.0 Å². The monoisotopic (exact) mass is 229 g/mol. The second-order valence-electron chi connectivity index (χ2n) is 3.59. The molecule has 15 heavy (non-hydrogen) atoms. The summed E-state index contributed by atoms with van der Waals surface area (Å²) < 4.78 is 13.4. The van der Waals surface area contributed by atoms with E-state index in [1.54, 1.807) is 18.2 Å². The van der Waals surface area contributed by atoms with Crippen molar-refractivity contribution in [2.75, 3.05) is 11.9 Å². The molecule has 0 spiro atoms. The lowest BCUT2D eigenvalue weighted by Gasteiger charge is -2.07. The summed E-state index contributed by atoms with van der Waals surface area (Å²) in [6.07, 6.45) is 4.71. The van der Waals surface area contributed by atoms with Crippen LogP contribution in [0.5, 0.6) is 0 Å². The Hall–Kier alpha value is -0.760. The first kappa shape index (κ1) is 12.3. The molecule has 0 aliphatic rings. The predicted octanol–water partition coefficient (Wildman–Crippen LogP) is 4.47. The highest BCUT2D eigenvalue weighted by Gasteiger charge is 2.04. The van der Waals surface area contributed by atoms with Gasteiger partial charge in [0.1, 0.15) is 0 Å². The first-order valence-corrected chi connectivity index (χ1v) is 5.81. The van der Waals surface area contributed by atoms with E-state index in [0.29, 0.717) is 5.69 Å². The third-order valence-electron chi connectivity index (χ3n) is 2.30. The smallest absolute Gasteiger partial charge is 0.164 e. The molecule has 84 valence electrons. The first-order valence-electron chi connectivity index (χ1n) is 5.43. The number of benzene rings is 1. The lowest BCUT2D eigenvalue weighted by atomic mass is 10.2. The number of unbranched alkanes of at least 4 members (excludes halogenated alkanes) is 3. The molecule has 3 heteroatoms. The van der Waals surface area contributed by atoms with E-state index in [-0.39, 0.29) is 10.8 Å². The molecule has 0 aliphatic heterocycles. The molecular formula is C12H17ClFN. The Labute approximate surface area is 95.6 Å². The van der Waals surface area contributed by atoms with Crippen LogP contribution in [0.4, 0.5) is 10.1 Å². The molecular weight excluding hydrogens is 213 g/mol. The summed E-state index contributed by atoms with van der Waals surface area (Å²) in [7, 11) is 0. The molecule has 1 aromatic rings. The Morgan fingerprint density at radius 3 is 2.80 bits per heavy atom. The standard InChI is InChI=1S/C12H17ClFN/c1-2-3-4-5-9-15-11-8-6-7-10(13)12(11)14/h6-8,15H,2-5,9H2,1H3. The highest BCUT2D eigenvalue weighted by atomic mass is 35.5. The van der Waals surface area contributed by atoms with Crippen molar-refractivity contribution in [2.24, 2.45) is 0 Å². The Morgan fingerprint density at radius 2 is 2.07 bits per heavy atom. The van der Waals surface area contributed by atoms with Gasteiger partial charge in [-0.25, -0.2) is 4.39 Å². The lowest BCUT2D eigenvalue weighted by molar-refractivity contribution is 0.628. The van der Waals surface area contributed by atoms with Crippen molar-refractivity contribution in [3.05, 3.63) is 29.0 Å². The van der Waals surface area contributed by atoms with Gasteiger partial charge in [0, 0.05) is 6.54 Å². The van der Waals surface area contributed by atoms with E-state index in [0.717, 1.165) is 13.0 Å². The summed E-state index contributed by atoms with van der Waals surface area (Å²) >= 11 is 5.66. The number of halogens is 2. The minimum atomic E-state index is -0.352. The molecule has 1 nitrogen and oxygen atoms in total. The first-order chi connectivity index (χ1) is 7.25. The molecule has 0 aliphatic carbocycles. The summed E-state index contributed by atoms with van der Waals surface area (Å²) in [6, 6.07) is 5.01. The predicted molar refractivity (Wildman–Crippen MR) is 64.0 cm³/mol. The van der Waals surface area contributed by atoms with Gasteiger partial charge >= 0.3 is 0 Å². The molecule has 0 unspecified atom stereocenters. The Morgan fingerprint density at radius 1 is 1.27 bits per heavy atom. The zero-order valence-electron chi connectivity index (χ0n) is 9.02. The lowest BCUT2D eigenvalue weighted by Crippen LogP contribution is -2.03. The van der Waals surface area contributed by atoms with Crippen molar-refractivity contribution in [1.82, 2.24) is 0 Å². The zero-order valence-corrected chi connectivity index (χ0v) is 9.78. The van der Waals surface area contributed by atoms with Gasteiger partial charge in [-0.15, -0.1) is 0 Å². The van der Waals surface area contributed by atoms with Crippen LogP contribution in [0.3, 0.4) is 0 Å². The van der Waals surface area contributed by atoms with Crippen LogP contribution in [-0.4, -0.2) is 6.54 Å². The minimum Gasteiger partial charge on any atom is -0.383 e. The van der Waals surface area contributed by atoms with E-state index in [4.69, 9.17) is 11.6 Å². The highest BCUT2D eigenvalue weighted by molar-refractivity contribution is 6.31. The van der Waals surface area contributed by atoms with Gasteiger partial charge in [0.25, 0.3) is 0 Å². The molecule has 1 N–H and O–H groups in total. The number of nitrogens with one attached hydrogen (secondary N) is 1. The fourth-order valence-corrected chi connectivity index (χ4v) is 1.59. The summed E-state index contributed by atoms with van der Waals surface area (Å²) in [4.78, 5) is 0. The normalized spacial score (nSPS) is 10.3. The number of rotatable bonds is 6. The fourth-order valence-electron chi connectivity index (χ4n) is 1.42. The van der Waals surface area contributed by atoms with Crippen LogP contribution >= 0.6 is 11.6 Å². The molecule has 0 bridgehead atoms. The van der Waals surface area contributed by atoms with Gasteiger partial charge in [0.15, 0.2) is 5.82 Å². The summed E-state index contributed by atoms with van der Waals surface area (Å²) in [5.41, 5.74) is 0.499. The van der Waals surface area contributed by atoms with Crippen LogP contribution in [0, 0.1) is 5.82 Å². The van der Waals surface area contributed by atoms with Gasteiger partial charge < -0.3 is 5.32 Å².